The molecule has 1 amide bonds. The maximum Gasteiger partial charge on any atom is 0.255 e. The number of nitrogens with one attached hydrogen (secondary N) is 1. The standard InChI is InChI=1S/C18H19N3O3S/c1-3-21(4-2)25(23,24)16-11-9-14(10-12-16)18(22)20-17-8-6-5-7-15(17)13-19/h5-12H,3-4H2,1-2H3,(H,20,22). The highest BCUT2D eigenvalue weighted by atomic mass is 32.2. The fourth-order valence-electron chi connectivity index (χ4n) is 2.37. The highest BCUT2D eigenvalue weighted by Gasteiger charge is 2.21. The van der Waals surface area contributed by atoms with Crippen molar-refractivity contribution in [3.05, 3.63) is 59.7 Å². The number of para-hydroxylation sites is 1. The number of rotatable bonds is 6. The molecular weight excluding hydrogens is 338 g/mol. The molecule has 2 rings (SSSR count). The van der Waals surface area contributed by atoms with Crippen LogP contribution in [0.5, 0.6) is 0 Å². The molecule has 1 N–H and O–H groups in total. The molecule has 25 heavy (non-hydrogen) atoms. The number of benzene rings is 2. The van der Waals surface area contributed by atoms with Gasteiger partial charge in [0.2, 0.25) is 10.0 Å². The van der Waals surface area contributed by atoms with E-state index in [1.54, 1.807) is 38.1 Å². The molecule has 7 heteroatoms. The van der Waals surface area contributed by atoms with E-state index >= 15 is 0 Å². The fraction of sp³-hybridized carbons (Fsp3) is 0.222. The summed E-state index contributed by atoms with van der Waals surface area (Å²) in [5, 5.41) is 11.7. The molecule has 0 aromatic heterocycles. The van der Waals surface area contributed by atoms with Crippen LogP contribution in [0.4, 0.5) is 5.69 Å². The van der Waals surface area contributed by atoms with Crippen LogP contribution in [0.15, 0.2) is 53.4 Å². The Hall–Kier alpha value is -2.69. The van der Waals surface area contributed by atoms with Crippen LogP contribution in [0.1, 0.15) is 29.8 Å². The molecule has 0 fully saturated rings. The smallest absolute Gasteiger partial charge is 0.255 e. The van der Waals surface area contributed by atoms with Gasteiger partial charge in [-0.05, 0) is 36.4 Å². The number of nitrogens with zero attached hydrogens (tertiary/aromatic N) is 2. The minimum absolute atomic E-state index is 0.144. The van der Waals surface area contributed by atoms with Gasteiger partial charge >= 0.3 is 0 Å². The summed E-state index contributed by atoms with van der Waals surface area (Å²) in [6, 6.07) is 14.4. The third-order valence-electron chi connectivity index (χ3n) is 3.76. The highest BCUT2D eigenvalue weighted by Crippen LogP contribution is 2.18. The summed E-state index contributed by atoms with van der Waals surface area (Å²) >= 11 is 0. The third kappa shape index (κ3) is 4.05. The van der Waals surface area contributed by atoms with Crippen LogP contribution in [0.3, 0.4) is 0 Å². The summed E-state index contributed by atoms with van der Waals surface area (Å²) in [5.41, 5.74) is 1.08. The molecule has 6 nitrogen and oxygen atoms in total. The molecule has 0 unspecified atom stereocenters. The molecule has 0 atom stereocenters. The maximum atomic E-state index is 12.4. The van der Waals surface area contributed by atoms with Gasteiger partial charge in [-0.1, -0.05) is 26.0 Å². The number of nitriles is 1. The van der Waals surface area contributed by atoms with E-state index < -0.39 is 15.9 Å². The van der Waals surface area contributed by atoms with Crippen LogP contribution in [0, 0.1) is 11.3 Å². The second-order valence-corrected chi connectivity index (χ2v) is 7.16. The van der Waals surface area contributed by atoms with E-state index in [1.165, 1.54) is 28.6 Å². The maximum absolute atomic E-state index is 12.4. The highest BCUT2D eigenvalue weighted by molar-refractivity contribution is 7.89. The summed E-state index contributed by atoms with van der Waals surface area (Å²) in [6.07, 6.45) is 0. The SMILES string of the molecule is CCN(CC)S(=O)(=O)c1ccc(C(=O)Nc2ccccc2C#N)cc1. The van der Waals surface area contributed by atoms with E-state index in [2.05, 4.69) is 5.32 Å². The first-order chi connectivity index (χ1) is 11.9. The topological polar surface area (TPSA) is 90.3 Å². The van der Waals surface area contributed by atoms with Crippen LogP contribution >= 0.6 is 0 Å². The van der Waals surface area contributed by atoms with Crippen molar-refractivity contribution < 1.29 is 13.2 Å². The van der Waals surface area contributed by atoms with Crippen molar-refractivity contribution in [1.82, 2.24) is 4.31 Å². The average molecular weight is 357 g/mol. The Morgan fingerprint density at radius 3 is 2.24 bits per heavy atom. The molecule has 0 spiro atoms. The molecule has 0 saturated carbocycles. The van der Waals surface area contributed by atoms with Gasteiger partial charge in [0.15, 0.2) is 0 Å². The van der Waals surface area contributed by atoms with Gasteiger partial charge in [-0.15, -0.1) is 0 Å². The summed E-state index contributed by atoms with van der Waals surface area (Å²) in [4.78, 5) is 12.5. The quantitative estimate of drug-likeness (QED) is 0.861. The Balaban J connectivity index is 2.23. The molecule has 0 radical (unpaired) electrons. The Morgan fingerprint density at radius 2 is 1.68 bits per heavy atom. The number of sulfonamides is 1. The van der Waals surface area contributed by atoms with Crippen LogP contribution in [-0.4, -0.2) is 31.7 Å². The molecule has 0 aliphatic carbocycles. The normalized spacial score (nSPS) is 11.1. The molecule has 130 valence electrons. The zero-order valence-electron chi connectivity index (χ0n) is 14.1. The lowest BCUT2D eigenvalue weighted by Gasteiger charge is -2.18. The average Bonchev–Trinajstić information content (AvgIpc) is 2.63. The number of hydrogen-bond donors (Lipinski definition) is 1. The number of carbonyl (C=O) groups is 1. The Morgan fingerprint density at radius 1 is 1.08 bits per heavy atom. The first-order valence-corrected chi connectivity index (χ1v) is 9.28. The summed E-state index contributed by atoms with van der Waals surface area (Å²) < 4.78 is 26.2. The first kappa shape index (κ1) is 18.6. The lowest BCUT2D eigenvalue weighted by molar-refractivity contribution is 0.102. The van der Waals surface area contributed by atoms with Gasteiger partial charge in [0, 0.05) is 18.7 Å². The molecule has 2 aromatic carbocycles. The second kappa shape index (κ2) is 7.92. The van der Waals surface area contributed by atoms with Gasteiger partial charge < -0.3 is 5.32 Å². The van der Waals surface area contributed by atoms with Crippen LogP contribution < -0.4 is 5.32 Å². The largest absolute Gasteiger partial charge is 0.321 e. The van der Waals surface area contributed by atoms with Crippen LogP contribution in [-0.2, 0) is 10.0 Å². The van der Waals surface area contributed by atoms with Crippen molar-refractivity contribution in [3.63, 3.8) is 0 Å². The molecule has 0 aliphatic rings. The van der Waals surface area contributed by atoms with E-state index in [1.807, 2.05) is 6.07 Å². The van der Waals surface area contributed by atoms with Gasteiger partial charge in [-0.3, -0.25) is 4.79 Å². The van der Waals surface area contributed by atoms with E-state index in [0.29, 0.717) is 29.9 Å². The lowest BCUT2D eigenvalue weighted by Crippen LogP contribution is -2.30. The minimum atomic E-state index is -3.55. The predicted molar refractivity (Wildman–Crippen MR) is 95.7 cm³/mol. The summed E-state index contributed by atoms with van der Waals surface area (Å²) in [6.45, 7) is 4.31. The Kier molecular flexibility index (Phi) is 5.91. The summed E-state index contributed by atoms with van der Waals surface area (Å²) in [5.74, 6) is -0.408. The summed E-state index contributed by atoms with van der Waals surface area (Å²) in [7, 11) is -3.55. The zero-order chi connectivity index (χ0) is 18.4. The van der Waals surface area contributed by atoms with Crippen LogP contribution in [0.25, 0.3) is 0 Å². The fourth-order valence-corrected chi connectivity index (χ4v) is 3.83. The Bertz CT molecular complexity index is 896. The molecular formula is C18H19N3O3S. The number of amides is 1. The van der Waals surface area contributed by atoms with Crippen molar-refractivity contribution >= 4 is 21.6 Å². The van der Waals surface area contributed by atoms with Gasteiger partial charge in [0.1, 0.15) is 6.07 Å². The van der Waals surface area contributed by atoms with Gasteiger partial charge in [-0.2, -0.15) is 9.57 Å². The van der Waals surface area contributed by atoms with Gasteiger partial charge in [0.05, 0.1) is 16.1 Å². The van der Waals surface area contributed by atoms with E-state index in [0.717, 1.165) is 0 Å². The van der Waals surface area contributed by atoms with Crippen LogP contribution in [0.2, 0.25) is 0 Å². The Labute approximate surface area is 147 Å². The van der Waals surface area contributed by atoms with Crippen molar-refractivity contribution in [2.45, 2.75) is 18.7 Å². The predicted octanol–water partition coefficient (Wildman–Crippen LogP) is 2.84. The van der Waals surface area contributed by atoms with Crippen molar-refractivity contribution in [3.8, 4) is 6.07 Å². The monoisotopic (exact) mass is 357 g/mol. The number of anilines is 1. The molecule has 0 heterocycles. The van der Waals surface area contributed by atoms with Gasteiger partial charge in [0.25, 0.3) is 5.91 Å². The van der Waals surface area contributed by atoms with Gasteiger partial charge in [-0.25, -0.2) is 8.42 Å². The number of carbonyl (C=O) groups excluding carboxylic acids is 1. The molecule has 0 aliphatic heterocycles. The zero-order valence-corrected chi connectivity index (χ0v) is 14.9. The lowest BCUT2D eigenvalue weighted by atomic mass is 10.1. The van der Waals surface area contributed by atoms with E-state index in [-0.39, 0.29) is 4.90 Å². The second-order valence-electron chi connectivity index (χ2n) is 5.23. The molecule has 2 aromatic rings. The van der Waals surface area contributed by atoms with Crippen molar-refractivity contribution in [2.24, 2.45) is 0 Å². The van der Waals surface area contributed by atoms with Crippen molar-refractivity contribution in [2.75, 3.05) is 18.4 Å². The minimum Gasteiger partial charge on any atom is -0.321 e. The molecule has 0 bridgehead atoms. The molecule has 0 saturated heterocycles. The number of hydrogen-bond acceptors (Lipinski definition) is 4. The van der Waals surface area contributed by atoms with Crippen molar-refractivity contribution in [1.29, 1.82) is 5.26 Å². The van der Waals surface area contributed by atoms with E-state index in [9.17, 15) is 13.2 Å². The third-order valence-corrected chi connectivity index (χ3v) is 5.82. The van der Waals surface area contributed by atoms with E-state index in [4.69, 9.17) is 5.26 Å². The first-order valence-electron chi connectivity index (χ1n) is 7.84.